The van der Waals surface area contributed by atoms with Crippen molar-refractivity contribution in [2.75, 3.05) is 13.1 Å². The van der Waals surface area contributed by atoms with Crippen LogP contribution in [0.1, 0.15) is 49.1 Å². The number of nitrogens with zero attached hydrogens (tertiary/aromatic N) is 2. The SMILES string of the molecule is CCCc1nc(C(=O)NCC[C@H]2CCCN2)n[nH]1. The molecule has 1 atom stereocenters. The maximum atomic E-state index is 11.8. The molecule has 1 amide bonds. The summed E-state index contributed by atoms with van der Waals surface area (Å²) >= 11 is 0. The first-order valence-electron chi connectivity index (χ1n) is 6.72. The molecule has 0 aliphatic carbocycles. The predicted molar refractivity (Wildman–Crippen MR) is 68.4 cm³/mol. The lowest BCUT2D eigenvalue weighted by atomic mass is 10.1. The second-order valence-corrected chi connectivity index (χ2v) is 4.69. The Morgan fingerprint density at radius 1 is 1.56 bits per heavy atom. The molecule has 1 aromatic rings. The van der Waals surface area contributed by atoms with E-state index in [-0.39, 0.29) is 11.7 Å². The predicted octanol–water partition coefficient (Wildman–Crippen LogP) is 0.629. The van der Waals surface area contributed by atoms with E-state index in [4.69, 9.17) is 0 Å². The highest BCUT2D eigenvalue weighted by molar-refractivity contribution is 5.90. The zero-order valence-corrected chi connectivity index (χ0v) is 10.8. The van der Waals surface area contributed by atoms with E-state index < -0.39 is 0 Å². The Hall–Kier alpha value is -1.43. The van der Waals surface area contributed by atoms with Crippen LogP contribution >= 0.6 is 0 Å². The summed E-state index contributed by atoms with van der Waals surface area (Å²) in [4.78, 5) is 15.9. The minimum absolute atomic E-state index is 0.188. The van der Waals surface area contributed by atoms with Crippen LogP contribution in [0.4, 0.5) is 0 Å². The molecule has 1 aliphatic rings. The number of aromatic amines is 1. The van der Waals surface area contributed by atoms with Crippen LogP contribution in [0.2, 0.25) is 0 Å². The fourth-order valence-electron chi connectivity index (χ4n) is 2.19. The first-order valence-corrected chi connectivity index (χ1v) is 6.72. The summed E-state index contributed by atoms with van der Waals surface area (Å²) in [5, 5.41) is 13.0. The van der Waals surface area contributed by atoms with Crippen molar-refractivity contribution in [1.29, 1.82) is 0 Å². The lowest BCUT2D eigenvalue weighted by Crippen LogP contribution is -2.31. The standard InChI is InChI=1S/C12H21N5O/c1-2-4-10-15-11(17-16-10)12(18)14-8-6-9-5-3-7-13-9/h9,13H,2-8H2,1H3,(H,14,18)(H,15,16,17)/t9-/m1/s1. The molecule has 3 N–H and O–H groups in total. The van der Waals surface area contributed by atoms with Gasteiger partial charge >= 0.3 is 0 Å². The minimum atomic E-state index is -0.188. The highest BCUT2D eigenvalue weighted by Gasteiger charge is 2.15. The third-order valence-electron chi connectivity index (χ3n) is 3.16. The van der Waals surface area contributed by atoms with Gasteiger partial charge in [0.05, 0.1) is 0 Å². The van der Waals surface area contributed by atoms with E-state index in [1.807, 2.05) is 0 Å². The summed E-state index contributed by atoms with van der Waals surface area (Å²) < 4.78 is 0. The van der Waals surface area contributed by atoms with Gasteiger partial charge < -0.3 is 10.6 Å². The largest absolute Gasteiger partial charge is 0.349 e. The van der Waals surface area contributed by atoms with Gasteiger partial charge in [0.15, 0.2) is 0 Å². The van der Waals surface area contributed by atoms with Gasteiger partial charge in [-0.3, -0.25) is 9.89 Å². The molecule has 0 unspecified atom stereocenters. The number of H-pyrrole nitrogens is 1. The lowest BCUT2D eigenvalue weighted by molar-refractivity contribution is 0.0942. The van der Waals surface area contributed by atoms with Crippen LogP contribution in [0.25, 0.3) is 0 Å². The molecule has 100 valence electrons. The monoisotopic (exact) mass is 251 g/mol. The zero-order valence-electron chi connectivity index (χ0n) is 10.8. The summed E-state index contributed by atoms with van der Waals surface area (Å²) in [6.45, 7) is 3.84. The molecule has 2 heterocycles. The van der Waals surface area contributed by atoms with Crippen molar-refractivity contribution in [3.05, 3.63) is 11.6 Å². The van der Waals surface area contributed by atoms with Crippen molar-refractivity contribution in [1.82, 2.24) is 25.8 Å². The molecule has 0 bridgehead atoms. The van der Waals surface area contributed by atoms with E-state index in [2.05, 4.69) is 32.7 Å². The Morgan fingerprint density at radius 2 is 2.44 bits per heavy atom. The van der Waals surface area contributed by atoms with Crippen molar-refractivity contribution < 1.29 is 4.79 Å². The van der Waals surface area contributed by atoms with Crippen LogP contribution < -0.4 is 10.6 Å². The molecular weight excluding hydrogens is 230 g/mol. The second-order valence-electron chi connectivity index (χ2n) is 4.69. The summed E-state index contributed by atoms with van der Waals surface area (Å²) in [6, 6.07) is 0.549. The number of amides is 1. The number of rotatable bonds is 6. The molecule has 1 fully saturated rings. The number of carbonyl (C=O) groups excluding carboxylic acids is 1. The molecule has 0 spiro atoms. The number of hydrogen-bond donors (Lipinski definition) is 3. The van der Waals surface area contributed by atoms with Crippen LogP contribution in [0, 0.1) is 0 Å². The molecule has 1 aliphatic heterocycles. The maximum Gasteiger partial charge on any atom is 0.290 e. The quantitative estimate of drug-likeness (QED) is 0.692. The highest BCUT2D eigenvalue weighted by Crippen LogP contribution is 2.07. The van der Waals surface area contributed by atoms with Crippen LogP contribution in [0.5, 0.6) is 0 Å². The van der Waals surface area contributed by atoms with Crippen LogP contribution in [-0.2, 0) is 6.42 Å². The van der Waals surface area contributed by atoms with Gasteiger partial charge in [0, 0.05) is 19.0 Å². The van der Waals surface area contributed by atoms with E-state index in [1.165, 1.54) is 12.8 Å². The molecule has 18 heavy (non-hydrogen) atoms. The fraction of sp³-hybridized carbons (Fsp3) is 0.750. The molecule has 6 nitrogen and oxygen atoms in total. The van der Waals surface area contributed by atoms with Gasteiger partial charge in [-0.2, -0.15) is 0 Å². The fourth-order valence-corrected chi connectivity index (χ4v) is 2.19. The smallest absolute Gasteiger partial charge is 0.290 e. The molecule has 0 aromatic carbocycles. The summed E-state index contributed by atoms with van der Waals surface area (Å²) in [7, 11) is 0. The molecule has 0 radical (unpaired) electrons. The third-order valence-corrected chi connectivity index (χ3v) is 3.16. The molecular formula is C12H21N5O. The Morgan fingerprint density at radius 3 is 3.17 bits per heavy atom. The van der Waals surface area contributed by atoms with Crippen molar-refractivity contribution in [2.45, 2.75) is 45.1 Å². The highest BCUT2D eigenvalue weighted by atomic mass is 16.2. The minimum Gasteiger partial charge on any atom is -0.349 e. The van der Waals surface area contributed by atoms with E-state index >= 15 is 0 Å². The Kier molecular flexibility index (Phi) is 4.69. The van der Waals surface area contributed by atoms with E-state index in [1.54, 1.807) is 0 Å². The molecule has 2 rings (SSSR count). The van der Waals surface area contributed by atoms with Crippen molar-refractivity contribution in [2.24, 2.45) is 0 Å². The maximum absolute atomic E-state index is 11.8. The average molecular weight is 251 g/mol. The van der Waals surface area contributed by atoms with Gasteiger partial charge in [0.1, 0.15) is 5.82 Å². The van der Waals surface area contributed by atoms with Gasteiger partial charge in [0.25, 0.3) is 5.91 Å². The van der Waals surface area contributed by atoms with Gasteiger partial charge in [-0.1, -0.05) is 6.92 Å². The van der Waals surface area contributed by atoms with Crippen LogP contribution in [0.3, 0.4) is 0 Å². The van der Waals surface area contributed by atoms with Crippen molar-refractivity contribution in [3.63, 3.8) is 0 Å². The van der Waals surface area contributed by atoms with Crippen molar-refractivity contribution in [3.8, 4) is 0 Å². The number of carbonyl (C=O) groups is 1. The molecule has 1 saturated heterocycles. The normalized spacial score (nSPS) is 19.1. The van der Waals surface area contributed by atoms with Crippen LogP contribution in [-0.4, -0.2) is 40.2 Å². The first-order chi connectivity index (χ1) is 8.79. The molecule has 6 heteroatoms. The molecule has 0 saturated carbocycles. The molecule has 1 aromatic heterocycles. The van der Waals surface area contributed by atoms with Gasteiger partial charge in [0.2, 0.25) is 5.82 Å². The average Bonchev–Trinajstić information content (AvgIpc) is 3.00. The number of aromatic nitrogens is 3. The third kappa shape index (κ3) is 3.53. The first kappa shape index (κ1) is 13.0. The topological polar surface area (TPSA) is 82.7 Å². The lowest BCUT2D eigenvalue weighted by Gasteiger charge is -2.09. The Balaban J connectivity index is 1.72. The van der Waals surface area contributed by atoms with Gasteiger partial charge in [-0.15, -0.1) is 5.10 Å². The zero-order chi connectivity index (χ0) is 12.8. The van der Waals surface area contributed by atoms with Crippen LogP contribution in [0.15, 0.2) is 0 Å². The van der Waals surface area contributed by atoms with Gasteiger partial charge in [-0.05, 0) is 32.2 Å². The van der Waals surface area contributed by atoms with E-state index in [0.717, 1.165) is 31.6 Å². The summed E-state index contributed by atoms with van der Waals surface area (Å²) in [5.41, 5.74) is 0. The van der Waals surface area contributed by atoms with E-state index in [0.29, 0.717) is 12.6 Å². The second kappa shape index (κ2) is 6.49. The van der Waals surface area contributed by atoms with Gasteiger partial charge in [-0.25, -0.2) is 4.98 Å². The number of aryl methyl sites for hydroxylation is 1. The number of hydrogen-bond acceptors (Lipinski definition) is 4. The Labute approximate surface area is 107 Å². The van der Waals surface area contributed by atoms with Crippen molar-refractivity contribution >= 4 is 5.91 Å². The van der Waals surface area contributed by atoms with E-state index in [9.17, 15) is 4.79 Å². The summed E-state index contributed by atoms with van der Waals surface area (Å²) in [5.74, 6) is 0.838. The summed E-state index contributed by atoms with van der Waals surface area (Å²) in [6.07, 6.45) is 5.23. The Bertz CT molecular complexity index is 384. The number of nitrogens with one attached hydrogen (secondary N) is 3.